The smallest absolute Gasteiger partial charge is 0.305 e. The molecule has 0 bridgehead atoms. The third kappa shape index (κ3) is 6.80. The fraction of sp³-hybridized carbons (Fsp3) is 0.533. The van der Waals surface area contributed by atoms with E-state index in [1.165, 1.54) is 12.7 Å². The standard InChI is InChI=1S/C15H21Br2NO3/c1-3-6-18-10-11-8-12(16)15(13(17)9-11)21-7-4-5-14(19)20-2/h8-9,18H,3-7,10H2,1-2H3. The maximum atomic E-state index is 11.0. The summed E-state index contributed by atoms with van der Waals surface area (Å²) >= 11 is 7.05. The minimum Gasteiger partial charge on any atom is -0.491 e. The molecule has 0 spiro atoms. The molecular formula is C15H21Br2NO3. The monoisotopic (exact) mass is 421 g/mol. The van der Waals surface area contributed by atoms with Gasteiger partial charge >= 0.3 is 5.97 Å². The number of esters is 1. The first-order chi connectivity index (χ1) is 10.1. The van der Waals surface area contributed by atoms with E-state index in [1.54, 1.807) is 0 Å². The Morgan fingerprint density at radius 1 is 1.29 bits per heavy atom. The molecule has 0 amide bonds. The maximum Gasteiger partial charge on any atom is 0.305 e. The van der Waals surface area contributed by atoms with Gasteiger partial charge in [-0.25, -0.2) is 0 Å². The Morgan fingerprint density at radius 2 is 1.95 bits per heavy atom. The van der Waals surface area contributed by atoms with E-state index in [2.05, 4.69) is 48.8 Å². The van der Waals surface area contributed by atoms with E-state index in [4.69, 9.17) is 4.74 Å². The van der Waals surface area contributed by atoms with Crippen LogP contribution >= 0.6 is 31.9 Å². The number of carbonyl (C=O) groups excluding carboxylic acids is 1. The SMILES string of the molecule is CCCNCc1cc(Br)c(OCCCC(=O)OC)c(Br)c1. The summed E-state index contributed by atoms with van der Waals surface area (Å²) in [5.74, 6) is 0.549. The van der Waals surface area contributed by atoms with E-state index in [9.17, 15) is 4.79 Å². The number of nitrogens with one attached hydrogen (secondary N) is 1. The highest BCUT2D eigenvalue weighted by Crippen LogP contribution is 2.34. The second-order valence-corrected chi connectivity index (χ2v) is 6.30. The molecule has 1 N–H and O–H groups in total. The van der Waals surface area contributed by atoms with Crippen LogP contribution in [0.25, 0.3) is 0 Å². The molecule has 0 aliphatic carbocycles. The number of ether oxygens (including phenoxy) is 2. The number of halogens is 2. The van der Waals surface area contributed by atoms with Gasteiger partial charge in [-0.2, -0.15) is 0 Å². The van der Waals surface area contributed by atoms with E-state index in [0.29, 0.717) is 19.4 Å². The zero-order valence-corrected chi connectivity index (χ0v) is 15.6. The van der Waals surface area contributed by atoms with Crippen LogP contribution in [0.5, 0.6) is 5.75 Å². The molecule has 6 heteroatoms. The fourth-order valence-electron chi connectivity index (χ4n) is 1.75. The van der Waals surface area contributed by atoms with Crippen molar-refractivity contribution in [1.29, 1.82) is 0 Å². The molecule has 1 aromatic carbocycles. The van der Waals surface area contributed by atoms with Gasteiger partial charge < -0.3 is 14.8 Å². The summed E-state index contributed by atoms with van der Waals surface area (Å²) in [6, 6.07) is 4.09. The molecule has 1 aromatic rings. The van der Waals surface area contributed by atoms with E-state index >= 15 is 0 Å². The summed E-state index contributed by atoms with van der Waals surface area (Å²) in [4.78, 5) is 11.0. The van der Waals surface area contributed by atoms with Crippen molar-refractivity contribution in [3.05, 3.63) is 26.6 Å². The van der Waals surface area contributed by atoms with Crippen molar-refractivity contribution in [3.63, 3.8) is 0 Å². The van der Waals surface area contributed by atoms with Crippen LogP contribution in [0.4, 0.5) is 0 Å². The van der Waals surface area contributed by atoms with Crippen molar-refractivity contribution in [2.75, 3.05) is 20.3 Å². The van der Waals surface area contributed by atoms with Gasteiger partial charge in [0, 0.05) is 13.0 Å². The van der Waals surface area contributed by atoms with Crippen molar-refractivity contribution in [3.8, 4) is 5.75 Å². The van der Waals surface area contributed by atoms with Crippen molar-refractivity contribution >= 4 is 37.8 Å². The molecule has 118 valence electrons. The molecule has 0 unspecified atom stereocenters. The topological polar surface area (TPSA) is 47.6 Å². The molecule has 0 aliphatic rings. The van der Waals surface area contributed by atoms with E-state index in [0.717, 1.165) is 34.2 Å². The van der Waals surface area contributed by atoms with Gasteiger partial charge in [-0.15, -0.1) is 0 Å². The quantitative estimate of drug-likeness (QED) is 0.481. The molecule has 0 fully saturated rings. The average Bonchev–Trinajstić information content (AvgIpc) is 2.45. The summed E-state index contributed by atoms with van der Waals surface area (Å²) in [7, 11) is 1.39. The predicted octanol–water partition coefficient (Wildman–Crippen LogP) is 4.04. The molecule has 21 heavy (non-hydrogen) atoms. The van der Waals surface area contributed by atoms with Crippen LogP contribution in [-0.4, -0.2) is 26.2 Å². The highest BCUT2D eigenvalue weighted by Gasteiger charge is 2.09. The number of carbonyl (C=O) groups is 1. The average molecular weight is 423 g/mol. The molecule has 1 rings (SSSR count). The highest BCUT2D eigenvalue weighted by molar-refractivity contribution is 9.11. The lowest BCUT2D eigenvalue weighted by Gasteiger charge is -2.12. The molecule has 0 saturated heterocycles. The lowest BCUT2D eigenvalue weighted by atomic mass is 10.2. The van der Waals surface area contributed by atoms with Crippen LogP contribution in [0.2, 0.25) is 0 Å². The molecule has 4 nitrogen and oxygen atoms in total. The second kappa shape index (κ2) is 10.2. The summed E-state index contributed by atoms with van der Waals surface area (Å²) in [5, 5.41) is 3.36. The van der Waals surface area contributed by atoms with Crippen LogP contribution in [0.15, 0.2) is 21.1 Å². The number of methoxy groups -OCH3 is 1. The van der Waals surface area contributed by atoms with E-state index in [1.807, 2.05) is 12.1 Å². The van der Waals surface area contributed by atoms with Crippen molar-refractivity contribution in [1.82, 2.24) is 5.32 Å². The van der Waals surface area contributed by atoms with Crippen molar-refractivity contribution < 1.29 is 14.3 Å². The third-order valence-corrected chi connectivity index (χ3v) is 3.99. The molecular weight excluding hydrogens is 402 g/mol. The normalized spacial score (nSPS) is 10.5. The Bertz CT molecular complexity index is 443. The Kier molecular flexibility index (Phi) is 8.96. The van der Waals surface area contributed by atoms with E-state index < -0.39 is 0 Å². The number of rotatable bonds is 9. The second-order valence-electron chi connectivity index (χ2n) is 4.59. The van der Waals surface area contributed by atoms with Crippen LogP contribution in [-0.2, 0) is 16.1 Å². The Balaban J connectivity index is 2.53. The van der Waals surface area contributed by atoms with Crippen molar-refractivity contribution in [2.24, 2.45) is 0 Å². The number of benzene rings is 1. The summed E-state index contributed by atoms with van der Waals surface area (Å²) in [5.41, 5.74) is 1.18. The largest absolute Gasteiger partial charge is 0.491 e. The van der Waals surface area contributed by atoms with Gasteiger partial charge in [-0.3, -0.25) is 4.79 Å². The zero-order valence-electron chi connectivity index (χ0n) is 12.4. The van der Waals surface area contributed by atoms with Gasteiger partial charge in [-0.05, 0) is 68.9 Å². The Morgan fingerprint density at radius 3 is 2.52 bits per heavy atom. The Hall–Kier alpha value is -0.590. The van der Waals surface area contributed by atoms with Gasteiger partial charge in [0.1, 0.15) is 5.75 Å². The molecule has 0 atom stereocenters. The molecule has 0 aliphatic heterocycles. The lowest BCUT2D eigenvalue weighted by molar-refractivity contribution is -0.140. The minimum atomic E-state index is -0.214. The first kappa shape index (κ1) is 18.5. The van der Waals surface area contributed by atoms with Crippen LogP contribution < -0.4 is 10.1 Å². The maximum absolute atomic E-state index is 11.0. The fourth-order valence-corrected chi connectivity index (χ4v) is 3.26. The summed E-state index contributed by atoms with van der Waals surface area (Å²) in [6.45, 7) is 4.44. The van der Waals surface area contributed by atoms with Gasteiger partial charge in [0.2, 0.25) is 0 Å². The van der Waals surface area contributed by atoms with Gasteiger partial charge in [0.25, 0.3) is 0 Å². The first-order valence-electron chi connectivity index (χ1n) is 6.96. The van der Waals surface area contributed by atoms with Gasteiger partial charge in [0.05, 0.1) is 22.7 Å². The predicted molar refractivity (Wildman–Crippen MR) is 90.6 cm³/mol. The molecule has 0 aromatic heterocycles. The van der Waals surface area contributed by atoms with Gasteiger partial charge in [0.15, 0.2) is 0 Å². The first-order valence-corrected chi connectivity index (χ1v) is 8.55. The number of hydrogen-bond donors (Lipinski definition) is 1. The lowest BCUT2D eigenvalue weighted by Crippen LogP contribution is -2.13. The van der Waals surface area contributed by atoms with Crippen molar-refractivity contribution in [2.45, 2.75) is 32.7 Å². The highest BCUT2D eigenvalue weighted by atomic mass is 79.9. The van der Waals surface area contributed by atoms with Crippen LogP contribution in [0, 0.1) is 0 Å². The minimum absolute atomic E-state index is 0.214. The molecule has 0 saturated carbocycles. The summed E-state index contributed by atoms with van der Waals surface area (Å²) < 4.78 is 12.1. The third-order valence-electron chi connectivity index (χ3n) is 2.81. The summed E-state index contributed by atoms with van der Waals surface area (Å²) in [6.07, 6.45) is 2.11. The molecule has 0 radical (unpaired) electrons. The van der Waals surface area contributed by atoms with Crippen LogP contribution in [0.3, 0.4) is 0 Å². The Labute approximate surface area is 142 Å². The van der Waals surface area contributed by atoms with E-state index in [-0.39, 0.29) is 5.97 Å². The van der Waals surface area contributed by atoms with Gasteiger partial charge in [-0.1, -0.05) is 6.92 Å². The zero-order chi connectivity index (χ0) is 15.7. The van der Waals surface area contributed by atoms with Crippen LogP contribution in [0.1, 0.15) is 31.7 Å². The number of hydrogen-bond acceptors (Lipinski definition) is 4. The molecule has 0 heterocycles.